The van der Waals surface area contributed by atoms with Crippen LogP contribution in [0.3, 0.4) is 0 Å². The molecule has 0 unspecified atom stereocenters. The molecule has 7 heteroatoms. The number of nitrogens with zero attached hydrogens (tertiary/aromatic N) is 3. The van der Waals surface area contributed by atoms with Crippen molar-refractivity contribution in [2.75, 3.05) is 39.3 Å². The zero-order chi connectivity index (χ0) is 21.3. The first-order chi connectivity index (χ1) is 14.5. The van der Waals surface area contributed by atoms with Crippen molar-refractivity contribution in [3.8, 4) is 0 Å². The van der Waals surface area contributed by atoms with Gasteiger partial charge >= 0.3 is 0 Å². The lowest BCUT2D eigenvalue weighted by Crippen LogP contribution is -2.49. The molecule has 160 valence electrons. The average molecular weight is 429 g/mol. The first kappa shape index (κ1) is 22.3. The monoisotopic (exact) mass is 428 g/mol. The summed E-state index contributed by atoms with van der Waals surface area (Å²) in [5, 5.41) is 0.756. The second-order valence-corrected chi connectivity index (χ2v) is 8.14. The van der Waals surface area contributed by atoms with Gasteiger partial charge in [0, 0.05) is 57.3 Å². The number of nitrogens with two attached hydrogens (primary N) is 1. The van der Waals surface area contributed by atoms with E-state index in [9.17, 15) is 9.59 Å². The molecule has 0 aromatic heterocycles. The number of hydrogen-bond acceptors (Lipinski definition) is 4. The van der Waals surface area contributed by atoms with Crippen LogP contribution in [0.25, 0.3) is 0 Å². The van der Waals surface area contributed by atoms with Gasteiger partial charge in [0.25, 0.3) is 0 Å². The smallest absolute Gasteiger partial charge is 0.237 e. The molecule has 2 N–H and O–H groups in total. The number of primary amides is 1. The van der Waals surface area contributed by atoms with Crippen molar-refractivity contribution in [3.05, 3.63) is 70.7 Å². The zero-order valence-electron chi connectivity index (χ0n) is 17.2. The Kier molecular flexibility index (Phi) is 8.25. The van der Waals surface area contributed by atoms with Gasteiger partial charge in [0.05, 0.1) is 6.54 Å². The van der Waals surface area contributed by atoms with Gasteiger partial charge in [-0.3, -0.25) is 19.4 Å². The van der Waals surface area contributed by atoms with E-state index in [1.165, 1.54) is 5.56 Å². The molecule has 6 nitrogen and oxygen atoms in total. The summed E-state index contributed by atoms with van der Waals surface area (Å²) in [5.41, 5.74) is 7.55. The molecule has 2 aromatic rings. The van der Waals surface area contributed by atoms with Crippen LogP contribution >= 0.6 is 11.6 Å². The predicted octanol–water partition coefficient (Wildman–Crippen LogP) is 2.36. The molecule has 1 fully saturated rings. The number of amides is 2. The fourth-order valence-corrected chi connectivity index (χ4v) is 3.84. The van der Waals surface area contributed by atoms with Crippen LogP contribution in [0.1, 0.15) is 17.5 Å². The van der Waals surface area contributed by atoms with Crippen LogP contribution in [-0.4, -0.2) is 65.8 Å². The van der Waals surface area contributed by atoms with Crippen molar-refractivity contribution in [2.45, 2.75) is 19.5 Å². The highest BCUT2D eigenvalue weighted by Crippen LogP contribution is 2.14. The summed E-state index contributed by atoms with van der Waals surface area (Å²) in [6.07, 6.45) is 0.173. The SMILES string of the molecule is NC(=O)CCN(Cc1ccccc1)C(=O)CN1CCN(Cc2cccc(Cl)c2)CC1. The third kappa shape index (κ3) is 7.13. The number of carbonyl (C=O) groups is 2. The van der Waals surface area contributed by atoms with Gasteiger partial charge in [-0.2, -0.15) is 0 Å². The number of halogens is 1. The van der Waals surface area contributed by atoms with E-state index in [0.717, 1.165) is 43.3 Å². The molecular weight excluding hydrogens is 400 g/mol. The number of rotatable bonds is 9. The van der Waals surface area contributed by atoms with Gasteiger partial charge in [-0.25, -0.2) is 0 Å². The largest absolute Gasteiger partial charge is 0.370 e. The number of benzene rings is 2. The van der Waals surface area contributed by atoms with E-state index in [2.05, 4.69) is 15.9 Å². The highest BCUT2D eigenvalue weighted by molar-refractivity contribution is 6.30. The summed E-state index contributed by atoms with van der Waals surface area (Å²) in [6.45, 7) is 5.53. The summed E-state index contributed by atoms with van der Waals surface area (Å²) in [5.74, 6) is -0.362. The first-order valence-electron chi connectivity index (χ1n) is 10.3. The first-order valence-corrected chi connectivity index (χ1v) is 10.7. The predicted molar refractivity (Wildman–Crippen MR) is 119 cm³/mol. The topological polar surface area (TPSA) is 69.9 Å². The molecule has 1 aliphatic heterocycles. The minimum Gasteiger partial charge on any atom is -0.370 e. The van der Waals surface area contributed by atoms with Crippen molar-refractivity contribution in [3.63, 3.8) is 0 Å². The maximum Gasteiger partial charge on any atom is 0.237 e. The van der Waals surface area contributed by atoms with Gasteiger partial charge in [0.2, 0.25) is 11.8 Å². The van der Waals surface area contributed by atoms with Gasteiger partial charge in [-0.1, -0.05) is 54.1 Å². The zero-order valence-corrected chi connectivity index (χ0v) is 17.9. The quantitative estimate of drug-likeness (QED) is 0.665. The Morgan fingerprint density at radius 1 is 0.933 bits per heavy atom. The van der Waals surface area contributed by atoms with Crippen LogP contribution in [0.15, 0.2) is 54.6 Å². The summed E-state index contributed by atoms with van der Waals surface area (Å²) >= 11 is 6.08. The summed E-state index contributed by atoms with van der Waals surface area (Å²) in [6, 6.07) is 17.8. The Balaban J connectivity index is 1.50. The van der Waals surface area contributed by atoms with Gasteiger partial charge in [0.1, 0.15) is 0 Å². The Morgan fingerprint density at radius 2 is 1.60 bits per heavy atom. The summed E-state index contributed by atoms with van der Waals surface area (Å²) in [7, 11) is 0. The molecule has 3 rings (SSSR count). The molecule has 30 heavy (non-hydrogen) atoms. The van der Waals surface area contributed by atoms with E-state index >= 15 is 0 Å². The van der Waals surface area contributed by atoms with E-state index in [-0.39, 0.29) is 12.3 Å². The second kappa shape index (κ2) is 11.1. The number of carbonyl (C=O) groups excluding carboxylic acids is 2. The molecule has 0 aliphatic carbocycles. The van der Waals surface area contributed by atoms with Crippen molar-refractivity contribution >= 4 is 23.4 Å². The van der Waals surface area contributed by atoms with Gasteiger partial charge in [0.15, 0.2) is 0 Å². The lowest BCUT2D eigenvalue weighted by molar-refractivity contribution is -0.134. The molecule has 0 radical (unpaired) electrons. The van der Waals surface area contributed by atoms with Gasteiger partial charge < -0.3 is 10.6 Å². The van der Waals surface area contributed by atoms with Crippen LogP contribution in [0, 0.1) is 0 Å². The summed E-state index contributed by atoms with van der Waals surface area (Å²) < 4.78 is 0. The minimum atomic E-state index is -0.393. The Morgan fingerprint density at radius 3 is 2.27 bits per heavy atom. The standard InChI is InChI=1S/C23H29ClN4O2/c24-21-8-4-7-20(15-21)16-26-11-13-27(14-12-26)18-23(30)28(10-9-22(25)29)17-19-5-2-1-3-6-19/h1-8,15H,9-14,16-18H2,(H2,25,29). The van der Waals surface area contributed by atoms with E-state index in [0.29, 0.717) is 19.6 Å². The maximum absolute atomic E-state index is 12.9. The Labute approximate surface area is 183 Å². The van der Waals surface area contributed by atoms with Crippen molar-refractivity contribution in [1.82, 2.24) is 14.7 Å². The van der Waals surface area contributed by atoms with Crippen LogP contribution < -0.4 is 5.73 Å². The molecule has 1 aliphatic rings. The van der Waals surface area contributed by atoms with Crippen LogP contribution in [0.2, 0.25) is 5.02 Å². The third-order valence-electron chi connectivity index (χ3n) is 5.32. The van der Waals surface area contributed by atoms with Crippen molar-refractivity contribution in [1.29, 1.82) is 0 Å². The van der Waals surface area contributed by atoms with Crippen LogP contribution in [0.5, 0.6) is 0 Å². The maximum atomic E-state index is 12.9. The average Bonchev–Trinajstić information content (AvgIpc) is 2.73. The lowest BCUT2D eigenvalue weighted by Gasteiger charge is -2.35. The fraction of sp³-hybridized carbons (Fsp3) is 0.391. The highest BCUT2D eigenvalue weighted by atomic mass is 35.5. The number of piperazine rings is 1. The molecular formula is C23H29ClN4O2. The lowest BCUT2D eigenvalue weighted by atomic mass is 10.2. The molecule has 2 amide bonds. The Bertz CT molecular complexity index is 838. The van der Waals surface area contributed by atoms with Crippen LogP contribution in [-0.2, 0) is 22.7 Å². The molecule has 1 saturated heterocycles. The molecule has 0 atom stereocenters. The molecule has 1 heterocycles. The van der Waals surface area contributed by atoms with E-state index in [4.69, 9.17) is 17.3 Å². The molecule has 0 spiro atoms. The van der Waals surface area contributed by atoms with E-state index in [1.54, 1.807) is 4.90 Å². The molecule has 2 aromatic carbocycles. The van der Waals surface area contributed by atoms with Gasteiger partial charge in [-0.05, 0) is 23.3 Å². The third-order valence-corrected chi connectivity index (χ3v) is 5.55. The summed E-state index contributed by atoms with van der Waals surface area (Å²) in [4.78, 5) is 30.5. The number of hydrogen-bond donors (Lipinski definition) is 1. The van der Waals surface area contributed by atoms with E-state index < -0.39 is 5.91 Å². The normalized spacial score (nSPS) is 15.1. The van der Waals surface area contributed by atoms with E-state index in [1.807, 2.05) is 48.5 Å². The minimum absolute atomic E-state index is 0.0309. The highest BCUT2D eigenvalue weighted by Gasteiger charge is 2.22. The van der Waals surface area contributed by atoms with Gasteiger partial charge in [-0.15, -0.1) is 0 Å². The molecule has 0 bridgehead atoms. The Hall–Kier alpha value is -2.41. The second-order valence-electron chi connectivity index (χ2n) is 7.70. The fourth-order valence-electron chi connectivity index (χ4n) is 3.63. The van der Waals surface area contributed by atoms with Crippen LogP contribution in [0.4, 0.5) is 0 Å². The molecule has 0 saturated carbocycles. The van der Waals surface area contributed by atoms with Crippen molar-refractivity contribution < 1.29 is 9.59 Å². The van der Waals surface area contributed by atoms with Crippen molar-refractivity contribution in [2.24, 2.45) is 5.73 Å².